The summed E-state index contributed by atoms with van der Waals surface area (Å²) in [6.45, 7) is 0.454. The number of aliphatic imine (C=N–C) groups is 1. The van der Waals surface area contributed by atoms with Crippen LogP contribution in [-0.2, 0) is 4.74 Å². The number of nitrogens with one attached hydrogen (secondary N) is 1. The number of halogens is 1. The van der Waals surface area contributed by atoms with E-state index in [1.807, 2.05) is 54.6 Å². The molecular weight excluding hydrogens is 405 g/mol. The average Bonchev–Trinajstić information content (AvgIpc) is 2.57. The van der Waals surface area contributed by atoms with Crippen LogP contribution in [0.5, 0.6) is 5.75 Å². The van der Waals surface area contributed by atoms with Gasteiger partial charge in [-0.3, -0.25) is 4.99 Å². The van der Waals surface area contributed by atoms with E-state index in [9.17, 15) is 0 Å². The minimum atomic E-state index is -0.114. The fourth-order valence-corrected chi connectivity index (χ4v) is 2.03. The van der Waals surface area contributed by atoms with Gasteiger partial charge in [0.15, 0.2) is 5.96 Å². The molecule has 23 heavy (non-hydrogen) atoms. The van der Waals surface area contributed by atoms with Crippen LogP contribution in [-0.4, -0.2) is 26.7 Å². The van der Waals surface area contributed by atoms with Crippen molar-refractivity contribution < 1.29 is 9.47 Å². The zero-order chi connectivity index (χ0) is 15.8. The lowest BCUT2D eigenvalue weighted by Crippen LogP contribution is -2.23. The molecule has 1 unspecified atom stereocenters. The third-order valence-corrected chi connectivity index (χ3v) is 3.25. The van der Waals surface area contributed by atoms with Crippen molar-refractivity contribution in [2.75, 3.05) is 26.1 Å². The van der Waals surface area contributed by atoms with E-state index in [1.165, 1.54) is 0 Å². The summed E-state index contributed by atoms with van der Waals surface area (Å²) in [5, 5.41) is 3.04. The summed E-state index contributed by atoms with van der Waals surface area (Å²) in [6, 6.07) is 17.4. The van der Waals surface area contributed by atoms with Crippen LogP contribution in [0.25, 0.3) is 0 Å². The van der Waals surface area contributed by atoms with Crippen molar-refractivity contribution in [1.82, 2.24) is 0 Å². The van der Waals surface area contributed by atoms with Crippen LogP contribution in [0.2, 0.25) is 0 Å². The molecule has 0 aliphatic carbocycles. The maximum absolute atomic E-state index is 5.91. The minimum Gasteiger partial charge on any atom is -0.497 e. The molecule has 0 aliphatic heterocycles. The highest BCUT2D eigenvalue weighted by molar-refractivity contribution is 14.0. The van der Waals surface area contributed by atoms with E-state index in [0.29, 0.717) is 12.5 Å². The maximum atomic E-state index is 5.91. The lowest BCUT2D eigenvalue weighted by molar-refractivity contribution is 0.111. The summed E-state index contributed by atoms with van der Waals surface area (Å²) >= 11 is 0. The standard InChI is InChI=1S/C17H21N3O2.HI/c1-21-15-10-8-14(9-11-15)20-17(18)19-12-16(22-2)13-6-4-3-5-7-13;/h3-11,16H,12H2,1-2H3,(H3,18,19,20);1H. The molecule has 6 heteroatoms. The van der Waals surface area contributed by atoms with E-state index in [1.54, 1.807) is 14.2 Å². The van der Waals surface area contributed by atoms with Crippen LogP contribution in [0.1, 0.15) is 11.7 Å². The molecule has 2 aromatic rings. The van der Waals surface area contributed by atoms with E-state index >= 15 is 0 Å². The molecular formula is C17H22IN3O2. The highest BCUT2D eigenvalue weighted by Gasteiger charge is 2.09. The molecule has 2 aromatic carbocycles. The zero-order valence-corrected chi connectivity index (χ0v) is 15.6. The fourth-order valence-electron chi connectivity index (χ4n) is 2.03. The van der Waals surface area contributed by atoms with Gasteiger partial charge in [-0.15, -0.1) is 24.0 Å². The monoisotopic (exact) mass is 427 g/mol. The molecule has 0 radical (unpaired) electrons. The molecule has 0 aliphatic rings. The topological polar surface area (TPSA) is 68.9 Å². The van der Waals surface area contributed by atoms with Crippen LogP contribution >= 0.6 is 24.0 Å². The molecule has 0 spiro atoms. The number of hydrogen-bond donors (Lipinski definition) is 2. The second kappa shape index (κ2) is 10.1. The summed E-state index contributed by atoms with van der Waals surface area (Å²) in [6.07, 6.45) is -0.114. The Bertz CT molecular complexity index is 603. The number of guanidine groups is 1. The Balaban J connectivity index is 0.00000264. The normalized spacial score (nSPS) is 12.2. The lowest BCUT2D eigenvalue weighted by atomic mass is 10.1. The van der Waals surface area contributed by atoms with Gasteiger partial charge in [-0.05, 0) is 29.8 Å². The number of anilines is 1. The first-order valence-electron chi connectivity index (χ1n) is 7.01. The molecule has 0 saturated carbocycles. The maximum Gasteiger partial charge on any atom is 0.193 e. The fraction of sp³-hybridized carbons (Fsp3) is 0.235. The number of ether oxygens (including phenoxy) is 2. The van der Waals surface area contributed by atoms with Gasteiger partial charge in [0.25, 0.3) is 0 Å². The van der Waals surface area contributed by atoms with Crippen LogP contribution in [0, 0.1) is 0 Å². The summed E-state index contributed by atoms with van der Waals surface area (Å²) in [5.41, 5.74) is 7.84. The first-order chi connectivity index (χ1) is 10.7. The van der Waals surface area contributed by atoms with Crippen LogP contribution in [0.15, 0.2) is 59.6 Å². The predicted molar refractivity (Wildman–Crippen MR) is 105 cm³/mol. The van der Waals surface area contributed by atoms with Crippen LogP contribution < -0.4 is 15.8 Å². The van der Waals surface area contributed by atoms with Crippen molar-refractivity contribution in [3.63, 3.8) is 0 Å². The average molecular weight is 427 g/mol. The minimum absolute atomic E-state index is 0. The third kappa shape index (κ3) is 6.07. The molecule has 0 saturated heterocycles. The van der Waals surface area contributed by atoms with Crippen molar-refractivity contribution in [2.45, 2.75) is 6.10 Å². The van der Waals surface area contributed by atoms with E-state index in [2.05, 4.69) is 10.3 Å². The molecule has 0 heterocycles. The first-order valence-corrected chi connectivity index (χ1v) is 7.01. The van der Waals surface area contributed by atoms with Crippen molar-refractivity contribution >= 4 is 35.6 Å². The number of methoxy groups -OCH3 is 2. The Morgan fingerprint density at radius 1 is 1.09 bits per heavy atom. The molecule has 2 rings (SSSR count). The summed E-state index contributed by atoms with van der Waals surface area (Å²) < 4.78 is 10.6. The first kappa shape index (κ1) is 19.2. The molecule has 124 valence electrons. The van der Waals surface area contributed by atoms with Gasteiger partial charge in [0.1, 0.15) is 11.9 Å². The summed E-state index contributed by atoms with van der Waals surface area (Å²) in [5.74, 6) is 1.15. The number of nitrogens with two attached hydrogens (primary N) is 1. The number of benzene rings is 2. The van der Waals surface area contributed by atoms with Crippen molar-refractivity contribution in [3.05, 3.63) is 60.2 Å². The van der Waals surface area contributed by atoms with E-state index in [0.717, 1.165) is 17.0 Å². The van der Waals surface area contributed by atoms with Crippen LogP contribution in [0.4, 0.5) is 5.69 Å². The molecule has 0 amide bonds. The highest BCUT2D eigenvalue weighted by Crippen LogP contribution is 2.17. The van der Waals surface area contributed by atoms with E-state index in [-0.39, 0.29) is 30.1 Å². The quantitative estimate of drug-likeness (QED) is 0.421. The van der Waals surface area contributed by atoms with E-state index in [4.69, 9.17) is 15.2 Å². The number of rotatable bonds is 6. The second-order valence-corrected chi connectivity index (χ2v) is 4.71. The van der Waals surface area contributed by atoms with Crippen molar-refractivity contribution in [3.8, 4) is 5.75 Å². The van der Waals surface area contributed by atoms with E-state index < -0.39 is 0 Å². The molecule has 5 nitrogen and oxygen atoms in total. The number of hydrogen-bond acceptors (Lipinski definition) is 3. The SMILES string of the molecule is COc1ccc(NC(N)=NCC(OC)c2ccccc2)cc1.I. The lowest BCUT2D eigenvalue weighted by Gasteiger charge is -2.14. The molecule has 1 atom stereocenters. The summed E-state index contributed by atoms with van der Waals surface area (Å²) in [4.78, 5) is 4.34. The van der Waals surface area contributed by atoms with Gasteiger partial charge < -0.3 is 20.5 Å². The van der Waals surface area contributed by atoms with Crippen molar-refractivity contribution in [1.29, 1.82) is 0 Å². The van der Waals surface area contributed by atoms with Gasteiger partial charge in [-0.25, -0.2) is 0 Å². The smallest absolute Gasteiger partial charge is 0.193 e. The van der Waals surface area contributed by atoms with Gasteiger partial charge in [0.2, 0.25) is 0 Å². The molecule has 0 fully saturated rings. The highest BCUT2D eigenvalue weighted by atomic mass is 127. The van der Waals surface area contributed by atoms with Gasteiger partial charge >= 0.3 is 0 Å². The largest absolute Gasteiger partial charge is 0.497 e. The molecule has 0 bridgehead atoms. The molecule has 0 aromatic heterocycles. The van der Waals surface area contributed by atoms with Crippen LogP contribution in [0.3, 0.4) is 0 Å². The Morgan fingerprint density at radius 2 is 1.74 bits per heavy atom. The predicted octanol–water partition coefficient (Wildman–Crippen LogP) is 3.43. The van der Waals surface area contributed by atoms with Gasteiger partial charge in [-0.1, -0.05) is 30.3 Å². The van der Waals surface area contributed by atoms with Gasteiger partial charge in [0.05, 0.1) is 13.7 Å². The number of nitrogens with zero attached hydrogens (tertiary/aromatic N) is 1. The summed E-state index contributed by atoms with van der Waals surface area (Å²) in [7, 11) is 3.30. The Hall–Kier alpha value is -1.80. The third-order valence-electron chi connectivity index (χ3n) is 3.25. The second-order valence-electron chi connectivity index (χ2n) is 4.71. The van der Waals surface area contributed by atoms with Gasteiger partial charge in [-0.2, -0.15) is 0 Å². The van der Waals surface area contributed by atoms with Crippen molar-refractivity contribution in [2.24, 2.45) is 10.7 Å². The Morgan fingerprint density at radius 3 is 2.30 bits per heavy atom. The Kier molecular flexibility index (Phi) is 8.42. The molecule has 3 N–H and O–H groups in total. The zero-order valence-electron chi connectivity index (χ0n) is 13.2. The van der Waals surface area contributed by atoms with Gasteiger partial charge in [0, 0.05) is 12.8 Å². The Labute approximate surface area is 153 Å².